The van der Waals surface area contributed by atoms with E-state index in [1.165, 1.54) is 13.3 Å². The van der Waals surface area contributed by atoms with E-state index in [2.05, 4.69) is 15.0 Å². The molecule has 3 aromatic rings. The smallest absolute Gasteiger partial charge is 0.349 e. The van der Waals surface area contributed by atoms with Crippen LogP contribution in [0.2, 0.25) is 0 Å². The Kier molecular flexibility index (Phi) is 4.14. The Bertz CT molecular complexity index is 953. The molecule has 0 unspecified atom stereocenters. The Morgan fingerprint density at radius 1 is 1.08 bits per heavy atom. The number of rotatable bonds is 3. The highest BCUT2D eigenvalue weighted by molar-refractivity contribution is 7.17. The molecule has 0 radical (unpaired) electrons. The van der Waals surface area contributed by atoms with Crippen molar-refractivity contribution in [3.63, 3.8) is 0 Å². The van der Waals surface area contributed by atoms with Gasteiger partial charge in [-0.25, -0.2) is 9.78 Å². The van der Waals surface area contributed by atoms with Crippen molar-refractivity contribution >= 4 is 28.3 Å². The third-order valence-corrected chi connectivity index (χ3v) is 4.96. The number of carbonyl (C=O) groups is 2. The number of benzene rings is 2. The van der Waals surface area contributed by atoms with Crippen molar-refractivity contribution in [1.29, 1.82) is 0 Å². The molecule has 1 aliphatic rings. The molecule has 7 heteroatoms. The Morgan fingerprint density at radius 3 is 2.31 bits per heavy atom. The quantitative estimate of drug-likeness (QED) is 0.713. The van der Waals surface area contributed by atoms with Crippen molar-refractivity contribution in [2.75, 3.05) is 12.4 Å². The summed E-state index contributed by atoms with van der Waals surface area (Å²) in [6, 6.07) is 14.9. The Labute approximate surface area is 153 Å². The van der Waals surface area contributed by atoms with Gasteiger partial charge in [0.1, 0.15) is 16.4 Å². The van der Waals surface area contributed by atoms with Crippen LogP contribution in [0.1, 0.15) is 26.7 Å². The molecule has 26 heavy (non-hydrogen) atoms. The van der Waals surface area contributed by atoms with E-state index in [4.69, 9.17) is 4.74 Å². The maximum atomic E-state index is 13.0. The number of carbonyl (C=O) groups excluding carboxylic acids is 2. The molecular formula is C19H14N2O4S. The molecule has 2 aromatic carbocycles. The second kappa shape index (κ2) is 6.61. The van der Waals surface area contributed by atoms with Crippen LogP contribution in [-0.2, 0) is 9.53 Å². The van der Waals surface area contributed by atoms with Gasteiger partial charge in [0.05, 0.1) is 19.2 Å². The second-order valence-electron chi connectivity index (χ2n) is 5.62. The normalized spacial score (nSPS) is 12.5. The van der Waals surface area contributed by atoms with Gasteiger partial charge in [0, 0.05) is 11.1 Å². The summed E-state index contributed by atoms with van der Waals surface area (Å²) in [6.07, 6.45) is 1.39. The molecule has 4 rings (SSSR count). The predicted molar refractivity (Wildman–Crippen MR) is 96.9 cm³/mol. The summed E-state index contributed by atoms with van der Waals surface area (Å²) in [4.78, 5) is 29.0. The van der Waals surface area contributed by atoms with Crippen LogP contribution in [0, 0.1) is 0 Å². The summed E-state index contributed by atoms with van der Waals surface area (Å²) in [6.45, 7) is 0. The van der Waals surface area contributed by atoms with Crippen molar-refractivity contribution in [2.45, 2.75) is 5.92 Å². The number of esters is 1. The minimum absolute atomic E-state index is 0.237. The lowest BCUT2D eigenvalue weighted by Gasteiger charge is -2.27. The molecule has 0 aliphatic carbocycles. The van der Waals surface area contributed by atoms with Gasteiger partial charge in [0.15, 0.2) is 5.13 Å². The summed E-state index contributed by atoms with van der Waals surface area (Å²) >= 11 is 1.07. The van der Waals surface area contributed by atoms with Crippen LogP contribution in [0.25, 0.3) is 0 Å². The fraction of sp³-hybridized carbons (Fsp3) is 0.105. The number of ether oxygens (including phenoxy) is 2. The third kappa shape index (κ3) is 2.82. The number of amides is 1. The predicted octanol–water partition coefficient (Wildman–Crippen LogP) is 3.81. The number of hydrogen-bond donors (Lipinski definition) is 1. The lowest BCUT2D eigenvalue weighted by molar-refractivity contribution is -0.116. The van der Waals surface area contributed by atoms with Gasteiger partial charge in [-0.15, -0.1) is 0 Å². The van der Waals surface area contributed by atoms with Gasteiger partial charge in [-0.3, -0.25) is 4.79 Å². The zero-order valence-corrected chi connectivity index (χ0v) is 14.6. The number of nitrogens with zero attached hydrogens (tertiary/aromatic N) is 1. The van der Waals surface area contributed by atoms with Crippen molar-refractivity contribution in [2.24, 2.45) is 0 Å². The van der Waals surface area contributed by atoms with Gasteiger partial charge in [-0.05, 0) is 12.1 Å². The SMILES string of the molecule is COC(=O)c1cnc(NC(=O)C2c3ccccc3Oc3ccccc32)s1. The zero-order chi connectivity index (χ0) is 18.1. The highest BCUT2D eigenvalue weighted by Gasteiger charge is 2.32. The van der Waals surface area contributed by atoms with Crippen LogP contribution in [0.4, 0.5) is 5.13 Å². The molecule has 1 amide bonds. The molecule has 1 N–H and O–H groups in total. The number of thiazole rings is 1. The molecule has 130 valence electrons. The largest absolute Gasteiger partial charge is 0.465 e. The number of methoxy groups -OCH3 is 1. The van der Waals surface area contributed by atoms with Crippen molar-refractivity contribution < 1.29 is 19.1 Å². The summed E-state index contributed by atoms with van der Waals surface area (Å²) < 4.78 is 10.6. The molecule has 0 atom stereocenters. The third-order valence-electron chi connectivity index (χ3n) is 4.06. The van der Waals surface area contributed by atoms with Gasteiger partial charge in [0.25, 0.3) is 0 Å². The van der Waals surface area contributed by atoms with Crippen molar-refractivity contribution in [3.05, 3.63) is 70.7 Å². The Balaban J connectivity index is 1.67. The van der Waals surface area contributed by atoms with E-state index in [0.29, 0.717) is 21.5 Å². The van der Waals surface area contributed by atoms with Crippen molar-refractivity contribution in [1.82, 2.24) is 4.98 Å². The standard InChI is InChI=1S/C19H14N2O4S/c1-24-18(23)15-10-20-19(26-15)21-17(22)16-11-6-2-4-8-13(11)25-14-9-5-3-7-12(14)16/h2-10,16H,1H3,(H,20,21,22). The highest BCUT2D eigenvalue weighted by Crippen LogP contribution is 2.44. The van der Waals surface area contributed by atoms with Crippen molar-refractivity contribution in [3.8, 4) is 11.5 Å². The summed E-state index contributed by atoms with van der Waals surface area (Å²) in [5.41, 5.74) is 1.57. The first-order valence-corrected chi connectivity index (χ1v) is 8.69. The minimum Gasteiger partial charge on any atom is -0.465 e. The molecule has 6 nitrogen and oxygen atoms in total. The maximum absolute atomic E-state index is 13.0. The van der Waals surface area contributed by atoms with E-state index >= 15 is 0 Å². The van der Waals surface area contributed by atoms with Gasteiger partial charge in [0.2, 0.25) is 5.91 Å². The van der Waals surface area contributed by atoms with E-state index in [9.17, 15) is 9.59 Å². The monoisotopic (exact) mass is 366 g/mol. The first-order chi connectivity index (χ1) is 12.7. The molecule has 2 heterocycles. The molecule has 0 saturated carbocycles. The molecule has 1 aliphatic heterocycles. The average molecular weight is 366 g/mol. The number of nitrogens with one attached hydrogen (secondary N) is 1. The van der Waals surface area contributed by atoms with E-state index in [1.807, 2.05) is 48.5 Å². The maximum Gasteiger partial charge on any atom is 0.349 e. The van der Waals surface area contributed by atoms with Gasteiger partial charge < -0.3 is 14.8 Å². The second-order valence-corrected chi connectivity index (χ2v) is 6.65. The molecule has 0 saturated heterocycles. The fourth-order valence-corrected chi connectivity index (χ4v) is 3.63. The summed E-state index contributed by atoms with van der Waals surface area (Å²) in [7, 11) is 1.30. The highest BCUT2D eigenvalue weighted by atomic mass is 32.1. The molecule has 0 spiro atoms. The lowest BCUT2D eigenvalue weighted by Crippen LogP contribution is -2.24. The van der Waals surface area contributed by atoms with Crippen LogP contribution < -0.4 is 10.1 Å². The zero-order valence-electron chi connectivity index (χ0n) is 13.8. The first kappa shape index (κ1) is 16.3. The lowest BCUT2D eigenvalue weighted by atomic mass is 9.87. The topological polar surface area (TPSA) is 77.5 Å². The van der Waals surface area contributed by atoms with Gasteiger partial charge >= 0.3 is 5.97 Å². The number of aromatic nitrogens is 1. The molecule has 0 bridgehead atoms. The average Bonchev–Trinajstić information content (AvgIpc) is 3.13. The Hall–Kier alpha value is -3.19. The van der Waals surface area contributed by atoms with Crippen LogP contribution in [0.3, 0.4) is 0 Å². The summed E-state index contributed by atoms with van der Waals surface area (Å²) in [5.74, 6) is 0.0619. The molecule has 1 aromatic heterocycles. The van der Waals surface area contributed by atoms with Crippen LogP contribution in [0.5, 0.6) is 11.5 Å². The van der Waals surface area contributed by atoms with Crippen LogP contribution in [-0.4, -0.2) is 24.0 Å². The summed E-state index contributed by atoms with van der Waals surface area (Å²) in [5, 5.41) is 3.14. The van der Waals surface area contributed by atoms with Gasteiger partial charge in [-0.2, -0.15) is 0 Å². The van der Waals surface area contributed by atoms with E-state index in [0.717, 1.165) is 22.5 Å². The van der Waals surface area contributed by atoms with Crippen LogP contribution >= 0.6 is 11.3 Å². The Morgan fingerprint density at radius 2 is 1.69 bits per heavy atom. The first-order valence-electron chi connectivity index (χ1n) is 7.88. The molecule has 0 fully saturated rings. The van der Waals surface area contributed by atoms with E-state index < -0.39 is 11.9 Å². The van der Waals surface area contributed by atoms with E-state index in [1.54, 1.807) is 0 Å². The fourth-order valence-electron chi connectivity index (χ4n) is 2.90. The number of hydrogen-bond acceptors (Lipinski definition) is 6. The molecular weight excluding hydrogens is 352 g/mol. The van der Waals surface area contributed by atoms with Gasteiger partial charge in [-0.1, -0.05) is 47.7 Å². The number of fused-ring (bicyclic) bond motifs is 2. The number of para-hydroxylation sites is 2. The minimum atomic E-state index is -0.526. The van der Waals surface area contributed by atoms with Crippen LogP contribution in [0.15, 0.2) is 54.7 Å². The number of anilines is 1. The van der Waals surface area contributed by atoms with E-state index in [-0.39, 0.29) is 5.91 Å².